The Labute approximate surface area is 114 Å². The lowest BCUT2D eigenvalue weighted by Gasteiger charge is -2.42. The molecule has 1 aromatic carbocycles. The molecule has 2 rings (SSSR count). The molecule has 1 saturated heterocycles. The van der Waals surface area contributed by atoms with Gasteiger partial charge in [0.1, 0.15) is 6.04 Å². The number of esters is 1. The van der Waals surface area contributed by atoms with E-state index in [-0.39, 0.29) is 17.6 Å². The lowest BCUT2D eigenvalue weighted by Crippen LogP contribution is -2.56. The Balaban J connectivity index is 2.13. The molecule has 0 spiro atoms. The Morgan fingerprint density at radius 1 is 1.42 bits per heavy atom. The molecular formula is C15H21NO3. The number of hydrogen-bond donors (Lipinski definition) is 0. The highest BCUT2D eigenvalue weighted by molar-refractivity contribution is 5.76. The van der Waals surface area contributed by atoms with Crippen molar-refractivity contribution >= 4 is 5.97 Å². The highest BCUT2D eigenvalue weighted by Gasteiger charge is 2.38. The van der Waals surface area contributed by atoms with Crippen molar-refractivity contribution in [2.75, 3.05) is 20.3 Å². The largest absolute Gasteiger partial charge is 0.468 e. The van der Waals surface area contributed by atoms with Crippen LogP contribution in [0.15, 0.2) is 30.3 Å². The predicted octanol–water partition coefficient (Wildman–Crippen LogP) is 1.84. The lowest BCUT2D eigenvalue weighted by molar-refractivity contribution is -0.166. The van der Waals surface area contributed by atoms with E-state index in [0.29, 0.717) is 13.2 Å². The van der Waals surface area contributed by atoms with Crippen molar-refractivity contribution < 1.29 is 14.3 Å². The van der Waals surface area contributed by atoms with Crippen LogP contribution in [0.3, 0.4) is 0 Å². The quantitative estimate of drug-likeness (QED) is 0.780. The molecule has 0 radical (unpaired) electrons. The van der Waals surface area contributed by atoms with E-state index < -0.39 is 0 Å². The third-order valence-corrected chi connectivity index (χ3v) is 3.36. The van der Waals surface area contributed by atoms with Gasteiger partial charge in [0.25, 0.3) is 0 Å². The second kappa shape index (κ2) is 5.72. The van der Waals surface area contributed by atoms with Gasteiger partial charge in [-0.25, -0.2) is 0 Å². The summed E-state index contributed by atoms with van der Waals surface area (Å²) in [7, 11) is 1.42. The molecule has 1 aliphatic rings. The smallest absolute Gasteiger partial charge is 0.325 e. The van der Waals surface area contributed by atoms with E-state index >= 15 is 0 Å². The molecule has 1 fully saturated rings. The van der Waals surface area contributed by atoms with Crippen LogP contribution < -0.4 is 0 Å². The molecule has 0 bridgehead atoms. The molecule has 1 atom stereocenters. The zero-order valence-corrected chi connectivity index (χ0v) is 11.8. The lowest BCUT2D eigenvalue weighted by atomic mass is 10.0. The van der Waals surface area contributed by atoms with Gasteiger partial charge in [0.05, 0.1) is 19.3 Å². The van der Waals surface area contributed by atoms with Crippen molar-refractivity contribution in [1.29, 1.82) is 0 Å². The first-order chi connectivity index (χ1) is 9.02. The van der Waals surface area contributed by atoms with Gasteiger partial charge in [-0.2, -0.15) is 0 Å². The van der Waals surface area contributed by atoms with Crippen LogP contribution in [-0.2, 0) is 20.8 Å². The normalized spacial score (nSPS) is 23.0. The maximum Gasteiger partial charge on any atom is 0.325 e. The fraction of sp³-hybridized carbons (Fsp3) is 0.533. The van der Waals surface area contributed by atoms with Crippen LogP contribution in [0.1, 0.15) is 19.4 Å². The number of nitrogens with zero attached hydrogens (tertiary/aromatic N) is 1. The minimum Gasteiger partial charge on any atom is -0.468 e. The van der Waals surface area contributed by atoms with Crippen molar-refractivity contribution in [3.05, 3.63) is 35.9 Å². The maximum atomic E-state index is 11.8. The van der Waals surface area contributed by atoms with Crippen LogP contribution in [0.2, 0.25) is 0 Å². The van der Waals surface area contributed by atoms with E-state index in [2.05, 4.69) is 17.0 Å². The van der Waals surface area contributed by atoms with Crippen molar-refractivity contribution in [2.45, 2.75) is 32.0 Å². The minimum atomic E-state index is -0.321. The number of benzene rings is 1. The number of methoxy groups -OCH3 is 1. The molecule has 1 heterocycles. The molecule has 104 valence electrons. The van der Waals surface area contributed by atoms with Crippen LogP contribution >= 0.6 is 0 Å². The number of ether oxygens (including phenoxy) is 2. The summed E-state index contributed by atoms with van der Waals surface area (Å²) in [5, 5.41) is 0. The van der Waals surface area contributed by atoms with Gasteiger partial charge in [-0.05, 0) is 19.4 Å². The Morgan fingerprint density at radius 3 is 2.74 bits per heavy atom. The van der Waals surface area contributed by atoms with Gasteiger partial charge in [-0.3, -0.25) is 9.69 Å². The second-order valence-electron chi connectivity index (χ2n) is 5.50. The van der Waals surface area contributed by atoms with Crippen LogP contribution in [0.25, 0.3) is 0 Å². The molecule has 0 saturated carbocycles. The molecule has 4 nitrogen and oxygen atoms in total. The summed E-state index contributed by atoms with van der Waals surface area (Å²) >= 11 is 0. The first-order valence-electron chi connectivity index (χ1n) is 6.51. The maximum absolute atomic E-state index is 11.8. The van der Waals surface area contributed by atoms with E-state index in [0.717, 1.165) is 6.54 Å². The van der Waals surface area contributed by atoms with E-state index in [1.165, 1.54) is 12.7 Å². The average Bonchev–Trinajstić information content (AvgIpc) is 2.38. The van der Waals surface area contributed by atoms with Gasteiger partial charge in [0.2, 0.25) is 0 Å². The van der Waals surface area contributed by atoms with E-state index in [4.69, 9.17) is 9.47 Å². The van der Waals surface area contributed by atoms with Crippen LogP contribution in [-0.4, -0.2) is 42.8 Å². The summed E-state index contributed by atoms with van der Waals surface area (Å²) in [6.45, 7) is 5.90. The third-order valence-electron chi connectivity index (χ3n) is 3.36. The average molecular weight is 263 g/mol. The highest BCUT2D eigenvalue weighted by atomic mass is 16.5. The summed E-state index contributed by atoms with van der Waals surface area (Å²) in [5.41, 5.74) is 0.952. The highest BCUT2D eigenvalue weighted by Crippen LogP contribution is 2.23. The van der Waals surface area contributed by atoms with Gasteiger partial charge in [0.15, 0.2) is 0 Å². The first-order valence-corrected chi connectivity index (χ1v) is 6.51. The van der Waals surface area contributed by atoms with Crippen LogP contribution in [0.5, 0.6) is 0 Å². The van der Waals surface area contributed by atoms with Crippen molar-refractivity contribution in [2.24, 2.45) is 0 Å². The Bertz CT molecular complexity index is 430. The number of carbonyl (C=O) groups excluding carboxylic acids is 1. The monoisotopic (exact) mass is 263 g/mol. The molecule has 1 aromatic rings. The Hall–Kier alpha value is -1.39. The second-order valence-corrected chi connectivity index (χ2v) is 5.50. The molecule has 4 heteroatoms. The number of rotatable bonds is 3. The summed E-state index contributed by atoms with van der Waals surface area (Å²) in [6, 6.07) is 9.82. The van der Waals surface area contributed by atoms with Crippen LogP contribution in [0, 0.1) is 0 Å². The van der Waals surface area contributed by atoms with Crippen molar-refractivity contribution in [3.8, 4) is 0 Å². The van der Waals surface area contributed by atoms with Crippen molar-refractivity contribution in [1.82, 2.24) is 4.90 Å². The molecule has 0 amide bonds. The van der Waals surface area contributed by atoms with Gasteiger partial charge in [-0.15, -0.1) is 0 Å². The number of carbonyl (C=O) groups is 1. The minimum absolute atomic E-state index is 0.230. The zero-order chi connectivity index (χ0) is 13.9. The summed E-state index contributed by atoms with van der Waals surface area (Å²) in [6.07, 6.45) is 0. The third kappa shape index (κ3) is 3.55. The molecule has 19 heavy (non-hydrogen) atoms. The topological polar surface area (TPSA) is 38.8 Å². The van der Waals surface area contributed by atoms with E-state index in [1.54, 1.807) is 0 Å². The molecule has 0 aromatic heterocycles. The molecule has 1 aliphatic heterocycles. The van der Waals surface area contributed by atoms with Gasteiger partial charge < -0.3 is 9.47 Å². The first kappa shape index (κ1) is 14.0. The van der Waals surface area contributed by atoms with Gasteiger partial charge in [-0.1, -0.05) is 30.3 Å². The Morgan fingerprint density at radius 2 is 2.11 bits per heavy atom. The fourth-order valence-corrected chi connectivity index (χ4v) is 2.39. The molecule has 0 N–H and O–H groups in total. The van der Waals surface area contributed by atoms with E-state index in [1.807, 2.05) is 32.0 Å². The molecule has 0 aliphatic carbocycles. The summed E-state index contributed by atoms with van der Waals surface area (Å²) in [5.74, 6) is -0.230. The number of hydrogen-bond acceptors (Lipinski definition) is 4. The van der Waals surface area contributed by atoms with Gasteiger partial charge >= 0.3 is 5.97 Å². The molecular weight excluding hydrogens is 242 g/mol. The fourth-order valence-electron chi connectivity index (χ4n) is 2.39. The van der Waals surface area contributed by atoms with Crippen LogP contribution in [0.4, 0.5) is 0 Å². The Kier molecular flexibility index (Phi) is 4.22. The van der Waals surface area contributed by atoms with E-state index in [9.17, 15) is 4.79 Å². The predicted molar refractivity (Wildman–Crippen MR) is 72.7 cm³/mol. The standard InChI is InChI=1S/C15H21NO3/c1-15(2)11-16(9-12-7-5-4-6-8-12)13(10-19-15)14(17)18-3/h4-8,13H,9-11H2,1-3H3/t13-/m0/s1. The zero-order valence-electron chi connectivity index (χ0n) is 11.8. The number of morpholine rings is 1. The summed E-state index contributed by atoms with van der Waals surface area (Å²) < 4.78 is 10.6. The van der Waals surface area contributed by atoms with Crippen molar-refractivity contribution in [3.63, 3.8) is 0 Å². The van der Waals surface area contributed by atoms with Gasteiger partial charge in [0, 0.05) is 13.1 Å². The summed E-state index contributed by atoms with van der Waals surface area (Å²) in [4.78, 5) is 14.0. The SMILES string of the molecule is COC(=O)[C@@H]1COC(C)(C)CN1Cc1ccccc1. The molecule has 0 unspecified atom stereocenters.